The van der Waals surface area contributed by atoms with Gasteiger partial charge >= 0.3 is 0 Å². The van der Waals surface area contributed by atoms with Gasteiger partial charge in [0.1, 0.15) is 5.82 Å². The standard InChI is InChI=1S/C6H6FN.BH3/c7-5-3-1-2-4-6(5)8;/h1-4H,8H2;1H3. The average molecular weight is 125 g/mol. The fourth-order valence-electron chi connectivity index (χ4n) is 0.475. The van der Waals surface area contributed by atoms with Crippen LogP contribution in [-0.2, 0) is 0 Å². The molecular formula is C6H9BFN. The van der Waals surface area contributed by atoms with E-state index in [1.807, 2.05) is 0 Å². The Balaban J connectivity index is 0.000000640. The summed E-state index contributed by atoms with van der Waals surface area (Å²) in [5, 5.41) is 0. The molecule has 48 valence electrons. The van der Waals surface area contributed by atoms with Crippen LogP contribution in [0.3, 0.4) is 0 Å². The number of rotatable bonds is 0. The molecule has 3 heteroatoms. The van der Waals surface area contributed by atoms with E-state index in [0.29, 0.717) is 0 Å². The summed E-state index contributed by atoms with van der Waals surface area (Å²) in [6, 6.07) is 6.15. The lowest BCUT2D eigenvalue weighted by Gasteiger charge is -1.89. The molecule has 0 aliphatic heterocycles. The van der Waals surface area contributed by atoms with Crippen LogP contribution < -0.4 is 5.73 Å². The topological polar surface area (TPSA) is 26.0 Å². The van der Waals surface area contributed by atoms with Gasteiger partial charge in [-0.2, -0.15) is 0 Å². The summed E-state index contributed by atoms with van der Waals surface area (Å²) < 4.78 is 12.2. The van der Waals surface area contributed by atoms with Crippen molar-refractivity contribution in [1.29, 1.82) is 0 Å². The van der Waals surface area contributed by atoms with E-state index in [9.17, 15) is 4.39 Å². The zero-order chi connectivity index (χ0) is 5.98. The normalized spacial score (nSPS) is 8.11. The number of nitrogens with two attached hydrogens (primary N) is 1. The van der Waals surface area contributed by atoms with Crippen LogP contribution in [0.4, 0.5) is 10.1 Å². The van der Waals surface area contributed by atoms with Gasteiger partial charge in [0.15, 0.2) is 0 Å². The monoisotopic (exact) mass is 125 g/mol. The molecular weight excluding hydrogens is 116 g/mol. The van der Waals surface area contributed by atoms with Gasteiger partial charge in [0.05, 0.1) is 14.1 Å². The first-order chi connectivity index (χ1) is 3.80. The van der Waals surface area contributed by atoms with Crippen LogP contribution in [0.25, 0.3) is 0 Å². The summed E-state index contributed by atoms with van der Waals surface area (Å²) in [7, 11) is 0. The molecule has 1 aromatic rings. The van der Waals surface area contributed by atoms with Gasteiger partial charge in [-0.15, -0.1) is 0 Å². The quantitative estimate of drug-likeness (QED) is 0.389. The second kappa shape index (κ2) is 3.12. The van der Waals surface area contributed by atoms with Crippen molar-refractivity contribution < 1.29 is 4.39 Å². The Morgan fingerprint density at radius 1 is 1.22 bits per heavy atom. The van der Waals surface area contributed by atoms with Crippen LogP contribution in [-0.4, -0.2) is 8.41 Å². The van der Waals surface area contributed by atoms with Crippen LogP contribution in [0, 0.1) is 5.82 Å². The number of hydrogen-bond acceptors (Lipinski definition) is 1. The Morgan fingerprint density at radius 2 is 1.78 bits per heavy atom. The summed E-state index contributed by atoms with van der Waals surface area (Å²) in [6.45, 7) is 0. The number of anilines is 1. The Bertz CT molecular complexity index is 169. The zero-order valence-electron chi connectivity index (χ0n) is 4.26. The van der Waals surface area contributed by atoms with Gasteiger partial charge in [-0.1, -0.05) is 12.1 Å². The summed E-state index contributed by atoms with van der Waals surface area (Å²) in [5.41, 5.74) is 5.35. The summed E-state index contributed by atoms with van der Waals surface area (Å²) in [4.78, 5) is 0. The smallest absolute Gasteiger partial charge is 0.146 e. The van der Waals surface area contributed by atoms with Crippen molar-refractivity contribution in [3.05, 3.63) is 30.1 Å². The third kappa shape index (κ3) is 1.76. The predicted octanol–water partition coefficient (Wildman–Crippen LogP) is 0.224. The van der Waals surface area contributed by atoms with Crippen LogP contribution >= 0.6 is 0 Å². The van der Waals surface area contributed by atoms with E-state index in [1.165, 1.54) is 12.1 Å². The minimum Gasteiger partial charge on any atom is -0.396 e. The van der Waals surface area contributed by atoms with Gasteiger partial charge in [0.2, 0.25) is 0 Å². The summed E-state index contributed by atoms with van der Waals surface area (Å²) in [6.07, 6.45) is 0. The first-order valence-electron chi connectivity index (χ1n) is 2.31. The van der Waals surface area contributed by atoms with Gasteiger partial charge in [0, 0.05) is 0 Å². The molecule has 0 unspecified atom stereocenters. The summed E-state index contributed by atoms with van der Waals surface area (Å²) >= 11 is 0. The van der Waals surface area contributed by atoms with Crippen molar-refractivity contribution in [3.63, 3.8) is 0 Å². The van der Waals surface area contributed by atoms with Crippen LogP contribution in [0.2, 0.25) is 0 Å². The van der Waals surface area contributed by atoms with E-state index in [4.69, 9.17) is 5.73 Å². The lowest BCUT2D eigenvalue weighted by Crippen LogP contribution is -1.86. The van der Waals surface area contributed by atoms with Crippen LogP contribution in [0.1, 0.15) is 0 Å². The van der Waals surface area contributed by atoms with Crippen molar-refractivity contribution in [3.8, 4) is 0 Å². The molecule has 1 nitrogen and oxygen atoms in total. The average Bonchev–Trinajstić information content (AvgIpc) is 1.77. The third-order valence-corrected chi connectivity index (χ3v) is 0.905. The van der Waals surface area contributed by atoms with Gasteiger partial charge in [0.25, 0.3) is 0 Å². The Labute approximate surface area is 55.3 Å². The second-order valence-corrected chi connectivity index (χ2v) is 1.52. The fraction of sp³-hybridized carbons (Fsp3) is 0. The SMILES string of the molecule is B.Nc1ccccc1F. The molecule has 0 saturated carbocycles. The van der Waals surface area contributed by atoms with Crippen LogP contribution in [0.15, 0.2) is 24.3 Å². The molecule has 2 N–H and O–H groups in total. The highest BCUT2D eigenvalue weighted by Crippen LogP contribution is 2.05. The minimum absolute atomic E-state index is 0. The Morgan fingerprint density at radius 3 is 2.11 bits per heavy atom. The Hall–Kier alpha value is -0.985. The second-order valence-electron chi connectivity index (χ2n) is 1.52. The molecule has 0 bridgehead atoms. The minimum atomic E-state index is -0.354. The molecule has 9 heavy (non-hydrogen) atoms. The first kappa shape index (κ1) is 8.01. The first-order valence-corrected chi connectivity index (χ1v) is 2.31. The van der Waals surface area contributed by atoms with Crippen molar-refractivity contribution in [1.82, 2.24) is 0 Å². The molecule has 0 aliphatic rings. The number of para-hydroxylation sites is 1. The van der Waals surface area contributed by atoms with Crippen molar-refractivity contribution in [2.45, 2.75) is 0 Å². The van der Waals surface area contributed by atoms with E-state index >= 15 is 0 Å². The van der Waals surface area contributed by atoms with Gasteiger partial charge in [-0.3, -0.25) is 0 Å². The third-order valence-electron chi connectivity index (χ3n) is 0.905. The van der Waals surface area contributed by atoms with Crippen molar-refractivity contribution in [2.24, 2.45) is 0 Å². The number of hydrogen-bond donors (Lipinski definition) is 1. The van der Waals surface area contributed by atoms with Crippen molar-refractivity contribution >= 4 is 14.1 Å². The lowest BCUT2D eigenvalue weighted by atomic mass is 10.3. The van der Waals surface area contributed by atoms with Gasteiger partial charge in [-0.25, -0.2) is 4.39 Å². The van der Waals surface area contributed by atoms with E-state index in [0.717, 1.165) is 0 Å². The van der Waals surface area contributed by atoms with E-state index < -0.39 is 0 Å². The van der Waals surface area contributed by atoms with Crippen LogP contribution in [0.5, 0.6) is 0 Å². The molecule has 0 aromatic heterocycles. The highest BCUT2D eigenvalue weighted by atomic mass is 19.1. The summed E-state index contributed by atoms with van der Waals surface area (Å²) in [5.74, 6) is -0.354. The number of benzene rings is 1. The maximum Gasteiger partial charge on any atom is 0.146 e. The molecule has 0 aliphatic carbocycles. The van der Waals surface area contributed by atoms with Gasteiger partial charge < -0.3 is 5.73 Å². The van der Waals surface area contributed by atoms with Gasteiger partial charge in [-0.05, 0) is 12.1 Å². The highest BCUT2D eigenvalue weighted by Gasteiger charge is 1.89. The molecule has 0 heterocycles. The Kier molecular flexibility index (Phi) is 2.78. The largest absolute Gasteiger partial charge is 0.396 e. The molecule has 0 radical (unpaired) electrons. The number of halogens is 1. The molecule has 1 aromatic carbocycles. The van der Waals surface area contributed by atoms with E-state index in [2.05, 4.69) is 0 Å². The van der Waals surface area contributed by atoms with E-state index in [1.54, 1.807) is 12.1 Å². The maximum absolute atomic E-state index is 12.2. The molecule has 0 amide bonds. The molecule has 0 atom stereocenters. The fourth-order valence-corrected chi connectivity index (χ4v) is 0.475. The molecule has 1 rings (SSSR count). The van der Waals surface area contributed by atoms with Crippen molar-refractivity contribution in [2.75, 3.05) is 5.73 Å². The molecule has 0 spiro atoms. The highest BCUT2D eigenvalue weighted by molar-refractivity contribution is 5.75. The number of nitrogen functional groups attached to an aromatic ring is 1. The molecule has 0 fully saturated rings. The van der Waals surface area contributed by atoms with E-state index in [-0.39, 0.29) is 19.9 Å². The molecule has 0 saturated heterocycles. The zero-order valence-corrected chi connectivity index (χ0v) is 4.26. The maximum atomic E-state index is 12.2. The lowest BCUT2D eigenvalue weighted by molar-refractivity contribution is 0.632. The predicted molar refractivity (Wildman–Crippen MR) is 40.8 cm³/mol.